The molecule has 0 saturated carbocycles. The molecular formula is C25H34N4O3. The molecule has 1 aliphatic heterocycles. The second-order valence-corrected chi connectivity index (χ2v) is 8.25. The fraction of sp³-hybridized carbons (Fsp3) is 0.440. The van der Waals surface area contributed by atoms with Crippen LogP contribution in [0.25, 0.3) is 0 Å². The van der Waals surface area contributed by atoms with Crippen LogP contribution in [-0.4, -0.2) is 31.6 Å². The van der Waals surface area contributed by atoms with Crippen molar-refractivity contribution >= 4 is 17.6 Å². The molecule has 1 heterocycles. The molecule has 1 unspecified atom stereocenters. The van der Waals surface area contributed by atoms with E-state index in [0.717, 1.165) is 34.7 Å². The van der Waals surface area contributed by atoms with Gasteiger partial charge >= 0.3 is 0 Å². The molecule has 1 atom stereocenters. The summed E-state index contributed by atoms with van der Waals surface area (Å²) < 4.78 is 11.8. The number of nitrogens with one attached hydrogen (secondary N) is 3. The maximum atomic E-state index is 11.8. The highest BCUT2D eigenvalue weighted by Crippen LogP contribution is 2.35. The van der Waals surface area contributed by atoms with Crippen molar-refractivity contribution < 1.29 is 14.3 Å². The van der Waals surface area contributed by atoms with Crippen molar-refractivity contribution in [2.45, 2.75) is 53.3 Å². The zero-order valence-corrected chi connectivity index (χ0v) is 19.6. The molecule has 3 rings (SSSR count). The van der Waals surface area contributed by atoms with E-state index < -0.39 is 0 Å². The third kappa shape index (κ3) is 6.15. The van der Waals surface area contributed by atoms with E-state index in [-0.39, 0.29) is 17.9 Å². The minimum atomic E-state index is -0.0466. The number of nitrogens with zero attached hydrogens (tertiary/aromatic N) is 1. The van der Waals surface area contributed by atoms with Gasteiger partial charge in [0.15, 0.2) is 5.96 Å². The van der Waals surface area contributed by atoms with E-state index in [1.54, 1.807) is 7.05 Å². The Morgan fingerprint density at radius 1 is 1.19 bits per heavy atom. The van der Waals surface area contributed by atoms with Gasteiger partial charge in [0.1, 0.15) is 17.6 Å². The molecule has 1 aliphatic rings. The van der Waals surface area contributed by atoms with E-state index in [1.807, 2.05) is 45.0 Å². The number of guanidine groups is 1. The number of anilines is 1. The van der Waals surface area contributed by atoms with E-state index in [1.165, 1.54) is 5.56 Å². The molecule has 32 heavy (non-hydrogen) atoms. The topological polar surface area (TPSA) is 84.0 Å². The smallest absolute Gasteiger partial charge is 0.226 e. The maximum Gasteiger partial charge on any atom is 0.226 e. The average Bonchev–Trinajstić information content (AvgIpc) is 3.13. The van der Waals surface area contributed by atoms with Crippen LogP contribution >= 0.6 is 0 Å². The molecule has 0 aromatic heterocycles. The number of carbonyl (C=O) groups excluding carboxylic acids is 1. The van der Waals surface area contributed by atoms with Crippen LogP contribution in [0.2, 0.25) is 0 Å². The van der Waals surface area contributed by atoms with Gasteiger partial charge in [-0.05, 0) is 43.7 Å². The van der Waals surface area contributed by atoms with Gasteiger partial charge in [-0.2, -0.15) is 0 Å². The first-order valence-electron chi connectivity index (χ1n) is 11.2. The van der Waals surface area contributed by atoms with Gasteiger partial charge in [0.2, 0.25) is 5.91 Å². The summed E-state index contributed by atoms with van der Waals surface area (Å²) in [5, 5.41) is 9.58. The lowest BCUT2D eigenvalue weighted by molar-refractivity contribution is -0.118. The van der Waals surface area contributed by atoms with Crippen LogP contribution in [0.4, 0.5) is 5.69 Å². The largest absolute Gasteiger partial charge is 0.494 e. The molecular weight excluding hydrogens is 404 g/mol. The van der Waals surface area contributed by atoms with Gasteiger partial charge in [-0.3, -0.25) is 9.79 Å². The predicted octanol–water partition coefficient (Wildman–Crippen LogP) is 3.87. The molecule has 2 aromatic rings. The van der Waals surface area contributed by atoms with Crippen LogP contribution in [0.15, 0.2) is 41.4 Å². The summed E-state index contributed by atoms with van der Waals surface area (Å²) >= 11 is 0. The minimum Gasteiger partial charge on any atom is -0.494 e. The van der Waals surface area contributed by atoms with Gasteiger partial charge in [-0.25, -0.2) is 0 Å². The average molecular weight is 439 g/mol. The first-order chi connectivity index (χ1) is 15.4. The molecule has 0 aliphatic carbocycles. The Kier molecular flexibility index (Phi) is 7.98. The van der Waals surface area contributed by atoms with Gasteiger partial charge in [0, 0.05) is 49.3 Å². The molecule has 7 nitrogen and oxygen atoms in total. The maximum absolute atomic E-state index is 11.8. The lowest BCUT2D eigenvalue weighted by Gasteiger charge is -2.16. The van der Waals surface area contributed by atoms with E-state index in [2.05, 4.69) is 40.0 Å². The Morgan fingerprint density at radius 2 is 1.91 bits per heavy atom. The number of hydrogen-bond donors (Lipinski definition) is 3. The van der Waals surface area contributed by atoms with Gasteiger partial charge in [-0.15, -0.1) is 0 Å². The second kappa shape index (κ2) is 10.9. The number of amides is 1. The van der Waals surface area contributed by atoms with Gasteiger partial charge in [0.25, 0.3) is 0 Å². The van der Waals surface area contributed by atoms with Gasteiger partial charge < -0.3 is 25.4 Å². The van der Waals surface area contributed by atoms with Crippen LogP contribution < -0.4 is 25.4 Å². The molecule has 1 amide bonds. The third-order valence-electron chi connectivity index (χ3n) is 5.25. The Hall–Kier alpha value is -3.22. The first-order valence-corrected chi connectivity index (χ1v) is 11.2. The molecule has 0 radical (unpaired) electrons. The summed E-state index contributed by atoms with van der Waals surface area (Å²) in [6.45, 7) is 9.61. The highest BCUT2D eigenvalue weighted by Gasteiger charge is 2.22. The Bertz CT molecular complexity index is 954. The Labute approximate surface area is 190 Å². The predicted molar refractivity (Wildman–Crippen MR) is 128 cm³/mol. The van der Waals surface area contributed by atoms with Gasteiger partial charge in [-0.1, -0.05) is 26.0 Å². The van der Waals surface area contributed by atoms with Crippen molar-refractivity contribution in [1.29, 1.82) is 0 Å². The fourth-order valence-corrected chi connectivity index (χ4v) is 3.49. The Morgan fingerprint density at radius 3 is 2.56 bits per heavy atom. The number of rotatable bonds is 8. The number of benzene rings is 2. The lowest BCUT2D eigenvalue weighted by atomic mass is 10.1. The van der Waals surface area contributed by atoms with Crippen molar-refractivity contribution in [2.24, 2.45) is 10.9 Å². The quantitative estimate of drug-likeness (QED) is 0.430. The molecule has 2 aromatic carbocycles. The normalized spacial score (nSPS) is 15.2. The standard InChI is InChI=1S/C25H34N4O3/c1-6-31-22-12-19-11-17(4)32-23(19)13-20(22)15-28-25(26-5)27-14-18-7-9-21(10-8-18)29-24(30)16(2)3/h7-10,12-13,16-17H,6,11,14-15H2,1-5H3,(H,29,30)(H2,26,27,28). The monoisotopic (exact) mass is 438 g/mol. The first kappa shape index (κ1) is 23.4. The summed E-state index contributed by atoms with van der Waals surface area (Å²) in [5.74, 6) is 2.48. The number of carbonyl (C=O) groups is 1. The molecule has 0 spiro atoms. The van der Waals surface area contributed by atoms with E-state index in [9.17, 15) is 4.79 Å². The van der Waals surface area contributed by atoms with Crippen LogP contribution in [0.1, 0.15) is 44.4 Å². The van der Waals surface area contributed by atoms with Crippen molar-refractivity contribution in [2.75, 3.05) is 19.0 Å². The zero-order valence-electron chi connectivity index (χ0n) is 19.6. The fourth-order valence-electron chi connectivity index (χ4n) is 3.49. The number of fused-ring (bicyclic) bond motifs is 1. The lowest BCUT2D eigenvalue weighted by Crippen LogP contribution is -2.36. The molecule has 7 heteroatoms. The Balaban J connectivity index is 1.56. The highest BCUT2D eigenvalue weighted by molar-refractivity contribution is 5.92. The SMILES string of the molecule is CCOc1cc2c(cc1CNC(=NC)NCc1ccc(NC(=O)C(C)C)cc1)OC(C)C2. The van der Waals surface area contributed by atoms with E-state index in [4.69, 9.17) is 9.47 Å². The number of ether oxygens (including phenoxy) is 2. The molecule has 0 saturated heterocycles. The summed E-state index contributed by atoms with van der Waals surface area (Å²) in [6, 6.07) is 12.0. The molecule has 0 bridgehead atoms. The van der Waals surface area contributed by atoms with Crippen LogP contribution in [0, 0.1) is 5.92 Å². The third-order valence-corrected chi connectivity index (χ3v) is 5.25. The van der Waals surface area contributed by atoms with Crippen molar-refractivity contribution in [3.8, 4) is 11.5 Å². The second-order valence-electron chi connectivity index (χ2n) is 8.25. The minimum absolute atomic E-state index is 0.0123. The zero-order chi connectivity index (χ0) is 23.1. The highest BCUT2D eigenvalue weighted by atomic mass is 16.5. The van der Waals surface area contributed by atoms with Gasteiger partial charge in [0.05, 0.1) is 6.61 Å². The van der Waals surface area contributed by atoms with Crippen LogP contribution in [0.3, 0.4) is 0 Å². The van der Waals surface area contributed by atoms with Crippen molar-refractivity contribution in [1.82, 2.24) is 10.6 Å². The van der Waals surface area contributed by atoms with E-state index in [0.29, 0.717) is 25.7 Å². The summed E-state index contributed by atoms with van der Waals surface area (Å²) in [5.41, 5.74) is 4.12. The number of hydrogen-bond acceptors (Lipinski definition) is 4. The van der Waals surface area contributed by atoms with Crippen molar-refractivity contribution in [3.05, 3.63) is 53.1 Å². The molecule has 172 valence electrons. The number of aliphatic imine (C=N–C) groups is 1. The summed E-state index contributed by atoms with van der Waals surface area (Å²) in [6.07, 6.45) is 1.11. The van der Waals surface area contributed by atoms with Crippen LogP contribution in [-0.2, 0) is 24.3 Å². The van der Waals surface area contributed by atoms with Crippen molar-refractivity contribution in [3.63, 3.8) is 0 Å². The van der Waals surface area contributed by atoms with Crippen LogP contribution in [0.5, 0.6) is 11.5 Å². The van der Waals surface area contributed by atoms with E-state index >= 15 is 0 Å². The molecule has 3 N–H and O–H groups in total. The summed E-state index contributed by atoms with van der Waals surface area (Å²) in [7, 11) is 1.75. The summed E-state index contributed by atoms with van der Waals surface area (Å²) in [4.78, 5) is 16.1. The molecule has 0 fully saturated rings.